The van der Waals surface area contributed by atoms with Crippen molar-refractivity contribution in [3.8, 4) is 11.8 Å². The first kappa shape index (κ1) is 16.5. The van der Waals surface area contributed by atoms with Crippen molar-refractivity contribution in [2.24, 2.45) is 0 Å². The summed E-state index contributed by atoms with van der Waals surface area (Å²) in [6.45, 7) is 0. The van der Waals surface area contributed by atoms with Gasteiger partial charge in [-0.1, -0.05) is 29.5 Å². The van der Waals surface area contributed by atoms with Crippen LogP contribution in [-0.2, 0) is 0 Å². The molecule has 1 heterocycles. The maximum absolute atomic E-state index is 12.0. The van der Waals surface area contributed by atoms with Crippen LogP contribution in [0.5, 0.6) is 0 Å². The Morgan fingerprint density at radius 2 is 2.38 bits per heavy atom. The summed E-state index contributed by atoms with van der Waals surface area (Å²) in [4.78, 5) is 15.8. The van der Waals surface area contributed by atoms with Crippen molar-refractivity contribution in [1.82, 2.24) is 20.5 Å². The lowest BCUT2D eigenvalue weighted by Crippen LogP contribution is -2.45. The monoisotopic (exact) mass is 344 g/mol. The van der Waals surface area contributed by atoms with Gasteiger partial charge in [0, 0.05) is 23.0 Å². The third kappa shape index (κ3) is 4.13. The first-order valence-corrected chi connectivity index (χ1v) is 8.09. The van der Waals surface area contributed by atoms with Crippen LogP contribution in [0.2, 0.25) is 5.02 Å². The van der Waals surface area contributed by atoms with Crippen LogP contribution in [-0.4, -0.2) is 37.8 Å². The predicted molar refractivity (Wildman–Crippen MR) is 89.4 cm³/mol. The zero-order valence-corrected chi connectivity index (χ0v) is 13.7. The number of aromatic amines is 1. The number of amides is 1. The second-order valence-electron chi connectivity index (χ2n) is 5.89. The number of hydrogen-bond donors (Lipinski definition) is 3. The van der Waals surface area contributed by atoms with E-state index < -0.39 is 5.60 Å². The Hall–Kier alpha value is -2.36. The number of H-pyrrole nitrogens is 1. The molecule has 1 aromatic heterocycles. The van der Waals surface area contributed by atoms with Gasteiger partial charge in [-0.2, -0.15) is 5.10 Å². The van der Waals surface area contributed by atoms with Gasteiger partial charge in [0.25, 0.3) is 5.91 Å². The quantitative estimate of drug-likeness (QED) is 0.726. The summed E-state index contributed by atoms with van der Waals surface area (Å²) in [5.41, 5.74) is -0.372. The minimum Gasteiger partial charge on any atom is -0.378 e. The number of carbonyl (C=O) groups excluding carboxylic acids is 1. The van der Waals surface area contributed by atoms with Crippen molar-refractivity contribution in [1.29, 1.82) is 0 Å². The standard InChI is InChI=1S/C17H17ClN4O2/c18-13-4-1-3-12(9-13)6-8-17(24)7-2-5-14(10-17)21-16(23)15-19-11-20-22-15/h1,3-4,9,11,14,24H,2,5,7,10H2,(H,21,23)(H,19,20,22)/t14-,17+/m1/s1. The topological polar surface area (TPSA) is 90.9 Å². The molecule has 0 aliphatic heterocycles. The van der Waals surface area contributed by atoms with E-state index in [1.54, 1.807) is 12.1 Å². The summed E-state index contributed by atoms with van der Waals surface area (Å²) in [6, 6.07) is 7.03. The summed E-state index contributed by atoms with van der Waals surface area (Å²) in [6.07, 6.45) is 3.81. The van der Waals surface area contributed by atoms with Gasteiger partial charge >= 0.3 is 0 Å². The van der Waals surface area contributed by atoms with E-state index in [0.29, 0.717) is 17.9 Å². The molecule has 0 saturated heterocycles. The van der Waals surface area contributed by atoms with Crippen LogP contribution in [0.25, 0.3) is 0 Å². The SMILES string of the molecule is O=C(N[C@@H]1CCC[C@](O)(C#Cc2cccc(Cl)c2)C1)c1ncn[nH]1. The zero-order chi connectivity index (χ0) is 17.0. The minimum atomic E-state index is -1.13. The lowest BCUT2D eigenvalue weighted by molar-refractivity contribution is 0.0451. The van der Waals surface area contributed by atoms with Crippen molar-refractivity contribution in [2.45, 2.75) is 37.3 Å². The van der Waals surface area contributed by atoms with Crippen molar-refractivity contribution >= 4 is 17.5 Å². The van der Waals surface area contributed by atoms with Crippen LogP contribution in [0, 0.1) is 11.8 Å². The van der Waals surface area contributed by atoms with E-state index >= 15 is 0 Å². The van der Waals surface area contributed by atoms with E-state index in [2.05, 4.69) is 32.3 Å². The molecule has 1 aliphatic rings. The molecule has 1 aromatic carbocycles. The van der Waals surface area contributed by atoms with E-state index in [1.807, 2.05) is 12.1 Å². The fourth-order valence-electron chi connectivity index (χ4n) is 2.81. The Morgan fingerprint density at radius 3 is 3.12 bits per heavy atom. The second-order valence-corrected chi connectivity index (χ2v) is 6.33. The fourth-order valence-corrected chi connectivity index (χ4v) is 3.00. The molecule has 0 spiro atoms. The van der Waals surface area contributed by atoms with Gasteiger partial charge in [-0.15, -0.1) is 0 Å². The van der Waals surface area contributed by atoms with Crippen molar-refractivity contribution in [3.05, 3.63) is 47.0 Å². The predicted octanol–water partition coefficient (Wildman–Crippen LogP) is 1.91. The van der Waals surface area contributed by atoms with Crippen LogP contribution >= 0.6 is 11.6 Å². The summed E-state index contributed by atoms with van der Waals surface area (Å²) >= 11 is 5.94. The van der Waals surface area contributed by atoms with Crippen molar-refractivity contribution in [3.63, 3.8) is 0 Å². The Bertz CT molecular complexity index is 781. The zero-order valence-electron chi connectivity index (χ0n) is 12.9. The largest absolute Gasteiger partial charge is 0.378 e. The Labute approximate surface area is 144 Å². The number of aromatic nitrogens is 3. The van der Waals surface area contributed by atoms with Gasteiger partial charge in [0.05, 0.1) is 0 Å². The van der Waals surface area contributed by atoms with Gasteiger partial charge in [0.1, 0.15) is 11.9 Å². The van der Waals surface area contributed by atoms with Gasteiger partial charge in [0.15, 0.2) is 0 Å². The van der Waals surface area contributed by atoms with Crippen molar-refractivity contribution in [2.75, 3.05) is 0 Å². The number of hydrogen-bond acceptors (Lipinski definition) is 4. The molecule has 1 fully saturated rings. The molecular weight excluding hydrogens is 328 g/mol. The molecule has 3 rings (SSSR count). The smallest absolute Gasteiger partial charge is 0.288 e. The van der Waals surface area contributed by atoms with E-state index in [0.717, 1.165) is 18.4 Å². The number of nitrogens with one attached hydrogen (secondary N) is 2. The molecule has 0 unspecified atom stereocenters. The average Bonchev–Trinajstić information content (AvgIpc) is 3.08. The highest BCUT2D eigenvalue weighted by Gasteiger charge is 2.33. The van der Waals surface area contributed by atoms with Crippen LogP contribution in [0.4, 0.5) is 0 Å². The van der Waals surface area contributed by atoms with Crippen LogP contribution < -0.4 is 5.32 Å². The Balaban J connectivity index is 1.67. The molecule has 0 radical (unpaired) electrons. The van der Waals surface area contributed by atoms with Crippen LogP contribution in [0.1, 0.15) is 41.9 Å². The van der Waals surface area contributed by atoms with E-state index in [-0.39, 0.29) is 17.8 Å². The highest BCUT2D eigenvalue weighted by molar-refractivity contribution is 6.30. The minimum absolute atomic E-state index is 0.157. The van der Waals surface area contributed by atoms with E-state index in [1.165, 1.54) is 6.33 Å². The van der Waals surface area contributed by atoms with Crippen molar-refractivity contribution < 1.29 is 9.90 Å². The number of carbonyl (C=O) groups is 1. The van der Waals surface area contributed by atoms with Gasteiger partial charge in [0.2, 0.25) is 5.82 Å². The number of aliphatic hydroxyl groups is 1. The average molecular weight is 345 g/mol. The lowest BCUT2D eigenvalue weighted by Gasteiger charge is -2.33. The summed E-state index contributed by atoms with van der Waals surface area (Å²) in [7, 11) is 0. The first-order valence-electron chi connectivity index (χ1n) is 7.71. The molecule has 124 valence electrons. The molecule has 1 amide bonds. The lowest BCUT2D eigenvalue weighted by atomic mass is 9.82. The fraction of sp³-hybridized carbons (Fsp3) is 0.353. The number of halogens is 1. The Kier molecular flexibility index (Phi) is 4.84. The molecule has 6 nitrogen and oxygen atoms in total. The third-order valence-electron chi connectivity index (χ3n) is 3.96. The number of nitrogens with zero attached hydrogens (tertiary/aromatic N) is 2. The molecule has 24 heavy (non-hydrogen) atoms. The number of benzene rings is 1. The molecule has 2 aromatic rings. The summed E-state index contributed by atoms with van der Waals surface area (Å²) in [5, 5.41) is 20.4. The van der Waals surface area contributed by atoms with Crippen LogP contribution in [0.15, 0.2) is 30.6 Å². The van der Waals surface area contributed by atoms with Gasteiger partial charge in [-0.25, -0.2) is 4.98 Å². The molecule has 2 atom stereocenters. The first-order chi connectivity index (χ1) is 11.5. The maximum Gasteiger partial charge on any atom is 0.288 e. The maximum atomic E-state index is 12.0. The van der Waals surface area contributed by atoms with E-state index in [9.17, 15) is 9.90 Å². The molecule has 0 bridgehead atoms. The molecule has 1 saturated carbocycles. The van der Waals surface area contributed by atoms with Gasteiger partial charge < -0.3 is 10.4 Å². The van der Waals surface area contributed by atoms with Gasteiger partial charge in [-0.05, 0) is 37.5 Å². The summed E-state index contributed by atoms with van der Waals surface area (Å²) < 4.78 is 0. The Morgan fingerprint density at radius 1 is 1.50 bits per heavy atom. The highest BCUT2D eigenvalue weighted by atomic mass is 35.5. The number of rotatable bonds is 2. The highest BCUT2D eigenvalue weighted by Crippen LogP contribution is 2.28. The molecule has 7 heteroatoms. The van der Waals surface area contributed by atoms with E-state index in [4.69, 9.17) is 11.6 Å². The molecule has 3 N–H and O–H groups in total. The van der Waals surface area contributed by atoms with Gasteiger partial charge in [-0.3, -0.25) is 9.89 Å². The van der Waals surface area contributed by atoms with Crippen LogP contribution in [0.3, 0.4) is 0 Å². The third-order valence-corrected chi connectivity index (χ3v) is 4.19. The second kappa shape index (κ2) is 7.04. The normalized spacial score (nSPS) is 23.2. The molecule has 1 aliphatic carbocycles. The summed E-state index contributed by atoms with van der Waals surface area (Å²) in [5.74, 6) is 5.74. The molecular formula is C17H17ClN4O2.